The topological polar surface area (TPSA) is 125 Å². The van der Waals surface area contributed by atoms with Gasteiger partial charge in [0, 0.05) is 24.4 Å². The number of carbonyl (C=O) groups is 1. The molecule has 2 bridgehead atoms. The van der Waals surface area contributed by atoms with Crippen LogP contribution in [0, 0.1) is 56.7 Å². The number of allylic oxidation sites excluding steroid dienone is 1. The fraction of sp³-hybridized carbons (Fsp3) is 0.889. The zero-order valence-electron chi connectivity index (χ0n) is 29.6. The van der Waals surface area contributed by atoms with Crippen LogP contribution >= 0.6 is 0 Å². The summed E-state index contributed by atoms with van der Waals surface area (Å²) in [7, 11) is 1.98. The lowest BCUT2D eigenvalue weighted by atomic mass is 9.34. The molecule has 7 rings (SSSR count). The summed E-state index contributed by atoms with van der Waals surface area (Å²) in [6.45, 7) is 19.5. The van der Waals surface area contributed by atoms with E-state index in [2.05, 4.69) is 65.3 Å². The number of nitrogens with zero attached hydrogens (tertiary/aromatic N) is 3. The van der Waals surface area contributed by atoms with Crippen LogP contribution in [-0.2, 0) is 14.3 Å². The van der Waals surface area contributed by atoms with Gasteiger partial charge in [0.05, 0.1) is 37.4 Å². The quantitative estimate of drug-likeness (QED) is 0.309. The Morgan fingerprint density at radius 2 is 1.89 bits per heavy atom. The lowest BCUT2D eigenvalue weighted by Crippen LogP contribution is -2.72. The van der Waals surface area contributed by atoms with E-state index in [9.17, 15) is 9.90 Å². The zero-order valence-corrected chi connectivity index (χ0v) is 29.6. The summed E-state index contributed by atoms with van der Waals surface area (Å²) in [6.07, 6.45) is 9.54. The summed E-state index contributed by atoms with van der Waals surface area (Å²) < 4.78 is 13.8. The van der Waals surface area contributed by atoms with E-state index < -0.39 is 11.9 Å². The van der Waals surface area contributed by atoms with Gasteiger partial charge in [-0.3, -0.25) is 10.2 Å². The molecule has 2 unspecified atom stereocenters. The van der Waals surface area contributed by atoms with Crippen molar-refractivity contribution in [3.63, 3.8) is 0 Å². The summed E-state index contributed by atoms with van der Waals surface area (Å²) >= 11 is 0. The smallest absolute Gasteiger partial charge is 0.307 e. The largest absolute Gasteiger partial charge is 0.481 e. The van der Waals surface area contributed by atoms with Crippen LogP contribution < -0.4 is 16.5 Å². The van der Waals surface area contributed by atoms with Gasteiger partial charge in [0.15, 0.2) is 0 Å². The fourth-order valence-corrected chi connectivity index (χ4v) is 12.7. The number of nitrogens with one attached hydrogen (secondary N) is 2. The van der Waals surface area contributed by atoms with Crippen molar-refractivity contribution < 1.29 is 19.4 Å². The van der Waals surface area contributed by atoms with Gasteiger partial charge in [-0.05, 0) is 91.4 Å². The maximum atomic E-state index is 13.4. The summed E-state index contributed by atoms with van der Waals surface area (Å²) in [6, 6.07) is -0.0154. The van der Waals surface area contributed by atoms with Crippen molar-refractivity contribution in [3.05, 3.63) is 11.6 Å². The van der Waals surface area contributed by atoms with Crippen molar-refractivity contribution in [1.29, 1.82) is 0 Å². The molecule has 0 aromatic heterocycles. The number of hydrazone groups is 1. The molecule has 258 valence electrons. The van der Waals surface area contributed by atoms with Gasteiger partial charge in [-0.25, -0.2) is 0 Å². The monoisotopic (exact) mass is 640 g/mol. The summed E-state index contributed by atoms with van der Waals surface area (Å²) in [5.41, 5.74) is 9.91. The number of ether oxygens (including phenoxy) is 2. The Hall–Kier alpha value is -1.88. The van der Waals surface area contributed by atoms with Crippen LogP contribution in [-0.4, -0.2) is 78.9 Å². The maximum absolute atomic E-state index is 13.4. The molecule has 0 amide bonds. The molecular weight excluding hydrogens is 580 g/mol. The molecule has 4 aliphatic carbocycles. The highest BCUT2D eigenvalue weighted by Crippen LogP contribution is 2.75. The van der Waals surface area contributed by atoms with Crippen LogP contribution in [0.3, 0.4) is 0 Å². The number of nitrogens with two attached hydrogens (primary N) is 1. The third kappa shape index (κ3) is 4.27. The fourth-order valence-electron chi connectivity index (χ4n) is 12.7. The molecule has 0 spiro atoms. The molecule has 5 fully saturated rings. The second-order valence-corrected chi connectivity index (χ2v) is 17.7. The van der Waals surface area contributed by atoms with Crippen LogP contribution in [0.15, 0.2) is 16.8 Å². The first kappa shape index (κ1) is 32.7. The Balaban J connectivity index is 1.32. The maximum Gasteiger partial charge on any atom is 0.307 e. The molecule has 0 aromatic rings. The summed E-state index contributed by atoms with van der Waals surface area (Å²) in [4.78, 5) is 13.4. The minimum absolute atomic E-state index is 0.0154. The van der Waals surface area contributed by atoms with Gasteiger partial charge in [0.2, 0.25) is 5.96 Å². The third-order valence-electron chi connectivity index (χ3n) is 15.5. The van der Waals surface area contributed by atoms with E-state index in [1.54, 1.807) is 0 Å². The van der Waals surface area contributed by atoms with E-state index in [0.29, 0.717) is 42.8 Å². The Morgan fingerprint density at radius 1 is 1.13 bits per heavy atom. The molecule has 10 heteroatoms. The number of carboxylic acid groups (broad SMARTS) is 1. The van der Waals surface area contributed by atoms with E-state index in [-0.39, 0.29) is 45.3 Å². The van der Waals surface area contributed by atoms with Crippen molar-refractivity contribution in [2.75, 3.05) is 33.4 Å². The van der Waals surface area contributed by atoms with E-state index >= 15 is 0 Å². The number of fused-ring (bicyclic) bond motifs is 3. The second-order valence-electron chi connectivity index (χ2n) is 17.7. The van der Waals surface area contributed by atoms with Gasteiger partial charge in [-0.15, -0.1) is 10.2 Å². The van der Waals surface area contributed by atoms with Crippen LogP contribution in [0.5, 0.6) is 0 Å². The minimum atomic E-state index is -0.611. The second kappa shape index (κ2) is 10.8. The van der Waals surface area contributed by atoms with E-state index in [0.717, 1.165) is 58.0 Å². The molecule has 0 aromatic carbocycles. The van der Waals surface area contributed by atoms with E-state index in [1.165, 1.54) is 5.57 Å². The van der Waals surface area contributed by atoms with E-state index in [4.69, 9.17) is 20.3 Å². The molecule has 46 heavy (non-hydrogen) atoms. The van der Waals surface area contributed by atoms with Gasteiger partial charge in [-0.1, -0.05) is 60.1 Å². The molecule has 3 aliphatic heterocycles. The van der Waals surface area contributed by atoms with Crippen molar-refractivity contribution in [1.82, 2.24) is 21.0 Å². The SMILES string of the molecule is CC(C)[C@@H](C)[C@@]1(C)CC[C@]2(C)[C@H]3CC[C@@H]4C5(COC[C@]4(C)[C@@H](OC4CCNC4)[C@H](N4N=C(N)NN4C)C5)C3=CC[C@@]2(C)[C@@H]1C(=O)O. The Labute approximate surface area is 276 Å². The van der Waals surface area contributed by atoms with Gasteiger partial charge >= 0.3 is 5.97 Å². The average molecular weight is 641 g/mol. The number of carboxylic acids is 1. The van der Waals surface area contributed by atoms with Gasteiger partial charge < -0.3 is 25.6 Å². The van der Waals surface area contributed by atoms with Gasteiger partial charge in [0.1, 0.15) is 0 Å². The van der Waals surface area contributed by atoms with E-state index in [1.807, 2.05) is 17.3 Å². The molecule has 12 atom stereocenters. The van der Waals surface area contributed by atoms with Crippen LogP contribution in [0.25, 0.3) is 0 Å². The molecule has 3 heterocycles. The van der Waals surface area contributed by atoms with Crippen molar-refractivity contribution in [3.8, 4) is 0 Å². The standard InChI is InChI=1S/C36H60N6O4/c1-21(2)22(3)32(4)14-15-34(6)24-9-10-27-33(5)19-45-20-36(27,25(24)11-13-35(34,7)28(32)30(43)44)17-26(42-40-31(37)39-41(42)8)29(33)46-23-12-16-38-18-23/h11,21-24,26-29,38H,9-10,12-20H2,1-8H3,(H,43,44)(H3,37,39,40)/t22-,23?,24+,26-,27+,28-,29+,32-,33+,34-,35+,36?/m1/s1. The molecule has 0 radical (unpaired) electrons. The minimum Gasteiger partial charge on any atom is -0.481 e. The molecule has 10 nitrogen and oxygen atoms in total. The lowest BCUT2D eigenvalue weighted by molar-refractivity contribution is -0.274. The number of aliphatic carboxylic acids is 1. The highest BCUT2D eigenvalue weighted by Gasteiger charge is 2.72. The predicted molar refractivity (Wildman–Crippen MR) is 178 cm³/mol. The Morgan fingerprint density at radius 3 is 2.52 bits per heavy atom. The third-order valence-corrected chi connectivity index (χ3v) is 15.5. The van der Waals surface area contributed by atoms with Crippen LogP contribution in [0.1, 0.15) is 93.4 Å². The number of rotatable bonds is 6. The summed E-state index contributed by atoms with van der Waals surface area (Å²) in [5.74, 6) is 0.909. The van der Waals surface area contributed by atoms with Gasteiger partial charge in [0.25, 0.3) is 0 Å². The van der Waals surface area contributed by atoms with Crippen molar-refractivity contribution in [2.45, 2.75) is 112 Å². The van der Waals surface area contributed by atoms with Crippen LogP contribution in [0.4, 0.5) is 0 Å². The van der Waals surface area contributed by atoms with Gasteiger partial charge in [-0.2, -0.15) is 5.12 Å². The highest BCUT2D eigenvalue weighted by molar-refractivity contribution is 5.77. The molecule has 7 aliphatic rings. The lowest BCUT2D eigenvalue weighted by Gasteiger charge is -2.71. The first-order chi connectivity index (χ1) is 21.6. The molecule has 5 N–H and O–H groups in total. The first-order valence-corrected chi connectivity index (χ1v) is 18.1. The van der Waals surface area contributed by atoms with Crippen molar-refractivity contribution in [2.24, 2.45) is 67.5 Å². The predicted octanol–water partition coefficient (Wildman–Crippen LogP) is 4.59. The number of hydrazine groups is 2. The molecule has 3 saturated carbocycles. The highest BCUT2D eigenvalue weighted by atomic mass is 16.5. The average Bonchev–Trinajstić information content (AvgIpc) is 3.63. The number of hydrogen-bond acceptors (Lipinski definition) is 9. The first-order valence-electron chi connectivity index (χ1n) is 18.1. The normalized spacial score (nSPS) is 49.4. The Kier molecular flexibility index (Phi) is 7.67. The zero-order chi connectivity index (χ0) is 33.0. The number of guanidine groups is 1. The molecule has 2 saturated heterocycles. The summed E-state index contributed by atoms with van der Waals surface area (Å²) in [5, 5.41) is 23.3. The van der Waals surface area contributed by atoms with Crippen LogP contribution in [0.2, 0.25) is 0 Å². The Bertz CT molecular complexity index is 1300. The van der Waals surface area contributed by atoms with Crippen molar-refractivity contribution >= 4 is 11.9 Å². The number of hydrogen-bond donors (Lipinski definition) is 4. The molecular formula is C36H60N6O4.